The molecule has 2 aliphatic rings. The van der Waals surface area contributed by atoms with Crippen molar-refractivity contribution in [3.05, 3.63) is 64.7 Å². The van der Waals surface area contributed by atoms with Crippen LogP contribution < -0.4 is 5.32 Å². The van der Waals surface area contributed by atoms with Gasteiger partial charge in [0.05, 0.1) is 4.87 Å². The third kappa shape index (κ3) is 4.06. The zero-order valence-electron chi connectivity index (χ0n) is 17.9. The molecular weight excluding hydrogens is 394 g/mol. The lowest BCUT2D eigenvalue weighted by atomic mass is 10.0. The van der Waals surface area contributed by atoms with Crippen molar-refractivity contribution < 1.29 is 9.59 Å². The van der Waals surface area contributed by atoms with Gasteiger partial charge in [-0.05, 0) is 57.4 Å². The molecule has 2 aromatic carbocycles. The van der Waals surface area contributed by atoms with Crippen molar-refractivity contribution in [2.75, 3.05) is 30.7 Å². The summed E-state index contributed by atoms with van der Waals surface area (Å²) < 4.78 is 0. The number of thioether (sulfide) groups is 1. The molecule has 4 rings (SSSR count). The normalized spacial score (nSPS) is 18.0. The van der Waals surface area contributed by atoms with Gasteiger partial charge in [0.25, 0.3) is 5.91 Å². The van der Waals surface area contributed by atoms with Crippen molar-refractivity contribution in [2.24, 2.45) is 0 Å². The van der Waals surface area contributed by atoms with Crippen LogP contribution in [-0.2, 0) is 0 Å². The molecule has 0 saturated carbocycles. The van der Waals surface area contributed by atoms with Gasteiger partial charge in [0, 0.05) is 36.6 Å². The highest BCUT2D eigenvalue weighted by molar-refractivity contribution is 8.00. The van der Waals surface area contributed by atoms with E-state index in [9.17, 15) is 9.59 Å². The van der Waals surface area contributed by atoms with E-state index in [1.807, 2.05) is 78.7 Å². The number of aryl methyl sites for hydroxylation is 3. The van der Waals surface area contributed by atoms with Crippen molar-refractivity contribution >= 4 is 29.4 Å². The summed E-state index contributed by atoms with van der Waals surface area (Å²) in [5.41, 5.74) is 4.96. The molecule has 2 saturated heterocycles. The van der Waals surface area contributed by atoms with Gasteiger partial charge in [0.1, 0.15) is 0 Å². The second-order valence-corrected chi connectivity index (χ2v) is 9.81. The van der Waals surface area contributed by atoms with Crippen molar-refractivity contribution in [1.29, 1.82) is 0 Å². The molecule has 2 aliphatic heterocycles. The van der Waals surface area contributed by atoms with Gasteiger partial charge >= 0.3 is 6.03 Å². The van der Waals surface area contributed by atoms with Gasteiger partial charge in [-0.25, -0.2) is 4.79 Å². The number of anilines is 1. The first kappa shape index (κ1) is 20.8. The summed E-state index contributed by atoms with van der Waals surface area (Å²) in [6.07, 6.45) is 1.60. The first-order valence-electron chi connectivity index (χ1n) is 10.5. The van der Waals surface area contributed by atoms with Gasteiger partial charge in [0.15, 0.2) is 0 Å². The Kier molecular flexibility index (Phi) is 5.78. The van der Waals surface area contributed by atoms with E-state index >= 15 is 0 Å². The molecule has 0 bridgehead atoms. The lowest BCUT2D eigenvalue weighted by Gasteiger charge is -2.44. The first-order chi connectivity index (χ1) is 14.4. The Morgan fingerprint density at radius 2 is 1.70 bits per heavy atom. The fourth-order valence-electron chi connectivity index (χ4n) is 4.45. The van der Waals surface area contributed by atoms with Crippen LogP contribution in [0.25, 0.3) is 0 Å². The summed E-state index contributed by atoms with van der Waals surface area (Å²) in [6, 6.07) is 13.8. The zero-order valence-corrected chi connectivity index (χ0v) is 18.7. The molecule has 0 unspecified atom stereocenters. The van der Waals surface area contributed by atoms with E-state index in [0.29, 0.717) is 13.1 Å². The van der Waals surface area contributed by atoms with Gasteiger partial charge in [-0.3, -0.25) is 4.79 Å². The van der Waals surface area contributed by atoms with Gasteiger partial charge in [-0.1, -0.05) is 35.4 Å². The molecule has 1 spiro atoms. The van der Waals surface area contributed by atoms with E-state index < -0.39 is 0 Å². The maximum absolute atomic E-state index is 13.2. The van der Waals surface area contributed by atoms with Crippen molar-refractivity contribution in [1.82, 2.24) is 9.80 Å². The average molecular weight is 424 g/mol. The Bertz CT molecular complexity index is 967. The van der Waals surface area contributed by atoms with Crippen LogP contribution in [0.3, 0.4) is 0 Å². The van der Waals surface area contributed by atoms with Crippen LogP contribution >= 0.6 is 11.8 Å². The SMILES string of the molecule is Cc1cccc(C(=O)N2CCSC23CCN(C(=O)Nc2ccc(C)cc2C)CC3)c1. The molecule has 3 amide bonds. The Hall–Kier alpha value is -2.47. The Morgan fingerprint density at radius 3 is 2.40 bits per heavy atom. The Labute approximate surface area is 182 Å². The number of benzene rings is 2. The van der Waals surface area contributed by atoms with Gasteiger partial charge in [0.2, 0.25) is 0 Å². The number of piperidine rings is 1. The van der Waals surface area contributed by atoms with Gasteiger partial charge < -0.3 is 15.1 Å². The molecule has 158 valence electrons. The summed E-state index contributed by atoms with van der Waals surface area (Å²) in [5, 5.41) is 3.05. The molecule has 2 fully saturated rings. The minimum absolute atomic E-state index is 0.0589. The van der Waals surface area contributed by atoms with E-state index in [0.717, 1.165) is 47.5 Å². The maximum atomic E-state index is 13.2. The monoisotopic (exact) mass is 423 g/mol. The summed E-state index contributed by atoms with van der Waals surface area (Å²) in [7, 11) is 0. The third-order valence-corrected chi connectivity index (χ3v) is 7.70. The predicted molar refractivity (Wildman–Crippen MR) is 123 cm³/mol. The van der Waals surface area contributed by atoms with Crippen molar-refractivity contribution in [3.8, 4) is 0 Å². The Balaban J connectivity index is 1.42. The summed E-state index contributed by atoms with van der Waals surface area (Å²) >= 11 is 1.87. The van der Waals surface area contributed by atoms with Crippen LogP contribution in [0.5, 0.6) is 0 Å². The number of hydrogen-bond acceptors (Lipinski definition) is 3. The maximum Gasteiger partial charge on any atom is 0.321 e. The number of likely N-dealkylation sites (tertiary alicyclic amines) is 1. The molecule has 0 radical (unpaired) electrons. The van der Waals surface area contributed by atoms with E-state index in [1.54, 1.807) is 0 Å². The smallest absolute Gasteiger partial charge is 0.321 e. The quantitative estimate of drug-likeness (QED) is 0.753. The average Bonchev–Trinajstić information content (AvgIpc) is 3.13. The number of carbonyl (C=O) groups excluding carboxylic acids is 2. The molecule has 30 heavy (non-hydrogen) atoms. The molecule has 2 heterocycles. The summed E-state index contributed by atoms with van der Waals surface area (Å²) in [5.74, 6) is 1.06. The predicted octanol–water partition coefficient (Wildman–Crippen LogP) is 4.83. The molecule has 6 heteroatoms. The number of nitrogens with one attached hydrogen (secondary N) is 1. The highest BCUT2D eigenvalue weighted by atomic mass is 32.2. The largest absolute Gasteiger partial charge is 0.324 e. The second-order valence-electron chi connectivity index (χ2n) is 8.36. The number of nitrogens with zero attached hydrogens (tertiary/aromatic N) is 2. The van der Waals surface area contributed by atoms with E-state index in [1.165, 1.54) is 5.56 Å². The standard InChI is InChI=1S/C24H29N3O2S/c1-17-5-4-6-20(16-17)22(28)27-13-14-30-24(27)9-11-26(12-10-24)23(29)25-21-8-7-18(2)15-19(21)3/h4-8,15-16H,9-14H2,1-3H3,(H,25,29). The number of urea groups is 1. The highest BCUT2D eigenvalue weighted by Gasteiger charge is 2.47. The summed E-state index contributed by atoms with van der Waals surface area (Å²) in [4.78, 5) is 29.7. The first-order valence-corrected chi connectivity index (χ1v) is 11.5. The lowest BCUT2D eigenvalue weighted by Crippen LogP contribution is -2.54. The van der Waals surface area contributed by atoms with Gasteiger partial charge in [-0.2, -0.15) is 0 Å². The van der Waals surface area contributed by atoms with Crippen LogP contribution in [0, 0.1) is 20.8 Å². The minimum Gasteiger partial charge on any atom is -0.324 e. The van der Waals surface area contributed by atoms with E-state index in [-0.39, 0.29) is 16.8 Å². The van der Waals surface area contributed by atoms with Crippen LogP contribution in [0.2, 0.25) is 0 Å². The van der Waals surface area contributed by atoms with Crippen LogP contribution in [0.4, 0.5) is 10.5 Å². The second kappa shape index (κ2) is 8.34. The molecule has 0 aromatic heterocycles. The number of hydrogen-bond donors (Lipinski definition) is 1. The number of rotatable bonds is 2. The third-order valence-electron chi connectivity index (χ3n) is 6.14. The van der Waals surface area contributed by atoms with Crippen LogP contribution in [-0.4, -0.2) is 52.0 Å². The molecule has 0 atom stereocenters. The number of amides is 3. The van der Waals surface area contributed by atoms with E-state index in [4.69, 9.17) is 0 Å². The number of carbonyl (C=O) groups is 2. The topological polar surface area (TPSA) is 52.7 Å². The molecular formula is C24H29N3O2S. The van der Waals surface area contributed by atoms with Gasteiger partial charge in [-0.15, -0.1) is 11.8 Å². The molecule has 0 aliphatic carbocycles. The highest BCUT2D eigenvalue weighted by Crippen LogP contribution is 2.44. The fourth-order valence-corrected chi connectivity index (χ4v) is 5.91. The molecule has 1 N–H and O–H groups in total. The molecule has 5 nitrogen and oxygen atoms in total. The van der Waals surface area contributed by atoms with Crippen LogP contribution in [0.1, 0.15) is 39.9 Å². The minimum atomic E-state index is -0.197. The zero-order chi connectivity index (χ0) is 21.3. The van der Waals surface area contributed by atoms with Crippen molar-refractivity contribution in [2.45, 2.75) is 38.5 Å². The fraction of sp³-hybridized carbons (Fsp3) is 0.417. The van der Waals surface area contributed by atoms with Crippen LogP contribution in [0.15, 0.2) is 42.5 Å². The lowest BCUT2D eigenvalue weighted by molar-refractivity contribution is 0.0585. The van der Waals surface area contributed by atoms with Crippen molar-refractivity contribution in [3.63, 3.8) is 0 Å². The molecule has 2 aromatic rings. The Morgan fingerprint density at radius 1 is 0.967 bits per heavy atom. The summed E-state index contributed by atoms with van der Waals surface area (Å²) in [6.45, 7) is 8.15. The van der Waals surface area contributed by atoms with E-state index in [2.05, 4.69) is 11.4 Å².